The fourth-order valence-electron chi connectivity index (χ4n) is 2.64. The van der Waals surface area contributed by atoms with Crippen molar-refractivity contribution in [2.75, 3.05) is 0 Å². The molecule has 1 aliphatic carbocycles. The molecule has 8 heteroatoms. The van der Waals surface area contributed by atoms with Crippen LogP contribution in [0.4, 0.5) is 8.78 Å². The summed E-state index contributed by atoms with van der Waals surface area (Å²) in [4.78, 5) is 4.28. The predicted molar refractivity (Wildman–Crippen MR) is 78.3 cm³/mol. The average molecular weight is 315 g/mol. The number of oxime groups is 1. The fourth-order valence-corrected chi connectivity index (χ4v) is 2.64. The Morgan fingerprint density at radius 2 is 2.13 bits per heavy atom. The van der Waals surface area contributed by atoms with Crippen LogP contribution in [0.25, 0.3) is 22.4 Å². The predicted octanol–water partition coefficient (Wildman–Crippen LogP) is 2.91. The van der Waals surface area contributed by atoms with Crippen molar-refractivity contribution in [1.82, 2.24) is 19.7 Å². The normalized spacial score (nSPS) is 14.9. The molecule has 1 N–H and O–H groups in total. The van der Waals surface area contributed by atoms with Crippen LogP contribution in [-0.2, 0) is 0 Å². The zero-order valence-corrected chi connectivity index (χ0v) is 11.8. The van der Waals surface area contributed by atoms with Gasteiger partial charge in [-0.1, -0.05) is 5.16 Å². The van der Waals surface area contributed by atoms with E-state index in [1.54, 1.807) is 6.07 Å². The van der Waals surface area contributed by atoms with Crippen molar-refractivity contribution in [3.05, 3.63) is 41.7 Å². The summed E-state index contributed by atoms with van der Waals surface area (Å²) in [6.45, 7) is 0. The van der Waals surface area contributed by atoms with Crippen molar-refractivity contribution >= 4 is 17.2 Å². The number of hydrogen-bond acceptors (Lipinski definition) is 5. The second-order valence-electron chi connectivity index (χ2n) is 5.38. The van der Waals surface area contributed by atoms with Gasteiger partial charge in [-0.05, 0) is 31.0 Å². The molecule has 1 aliphatic rings. The van der Waals surface area contributed by atoms with Crippen molar-refractivity contribution in [3.63, 3.8) is 0 Å². The number of fused-ring (bicyclic) bond motifs is 1. The Morgan fingerprint density at radius 1 is 1.30 bits per heavy atom. The van der Waals surface area contributed by atoms with E-state index in [0.717, 1.165) is 25.1 Å². The SMILES string of the molecule is ON=Cc1cc(-c2nc3c(F)c(F)ccc3n2C2CC2)cnn1. The zero-order chi connectivity index (χ0) is 16.0. The third kappa shape index (κ3) is 2.23. The lowest BCUT2D eigenvalue weighted by molar-refractivity contribution is 0.321. The number of aromatic nitrogens is 4. The Morgan fingerprint density at radius 3 is 2.87 bits per heavy atom. The van der Waals surface area contributed by atoms with Gasteiger partial charge < -0.3 is 9.77 Å². The van der Waals surface area contributed by atoms with Gasteiger partial charge in [0.15, 0.2) is 11.6 Å². The van der Waals surface area contributed by atoms with E-state index in [4.69, 9.17) is 5.21 Å². The fraction of sp³-hybridized carbons (Fsp3) is 0.200. The minimum absolute atomic E-state index is 0.00101. The molecule has 1 fully saturated rings. The van der Waals surface area contributed by atoms with Crippen LogP contribution in [0.5, 0.6) is 0 Å². The van der Waals surface area contributed by atoms with Crippen LogP contribution in [0.1, 0.15) is 24.6 Å². The van der Waals surface area contributed by atoms with Crippen LogP contribution in [0, 0.1) is 11.6 Å². The molecular formula is C15H11F2N5O. The lowest BCUT2D eigenvalue weighted by Crippen LogP contribution is -2.00. The highest BCUT2D eigenvalue weighted by Gasteiger charge is 2.30. The highest BCUT2D eigenvalue weighted by molar-refractivity contribution is 5.83. The van der Waals surface area contributed by atoms with Crippen LogP contribution in [0.3, 0.4) is 0 Å². The molecule has 0 aliphatic heterocycles. The summed E-state index contributed by atoms with van der Waals surface area (Å²) in [6.07, 6.45) is 4.55. The molecule has 3 aromatic rings. The van der Waals surface area contributed by atoms with E-state index >= 15 is 0 Å². The zero-order valence-electron chi connectivity index (χ0n) is 11.8. The first-order valence-electron chi connectivity index (χ1n) is 7.05. The molecular weight excluding hydrogens is 304 g/mol. The largest absolute Gasteiger partial charge is 0.411 e. The molecule has 4 rings (SSSR count). The quantitative estimate of drug-likeness (QED) is 0.458. The third-order valence-electron chi connectivity index (χ3n) is 3.79. The number of rotatable bonds is 3. The van der Waals surface area contributed by atoms with Gasteiger partial charge in [-0.3, -0.25) is 0 Å². The molecule has 2 aromatic heterocycles. The molecule has 116 valence electrons. The number of hydrogen-bond donors (Lipinski definition) is 1. The maximum absolute atomic E-state index is 14.1. The van der Waals surface area contributed by atoms with Crippen molar-refractivity contribution in [1.29, 1.82) is 0 Å². The molecule has 0 saturated heterocycles. The second-order valence-corrected chi connectivity index (χ2v) is 5.38. The van der Waals surface area contributed by atoms with Gasteiger partial charge in [0.25, 0.3) is 0 Å². The van der Waals surface area contributed by atoms with E-state index < -0.39 is 11.6 Å². The Bertz CT molecular complexity index is 933. The topological polar surface area (TPSA) is 76.2 Å². The molecule has 2 heterocycles. The molecule has 0 bridgehead atoms. The van der Waals surface area contributed by atoms with E-state index in [9.17, 15) is 8.78 Å². The Kier molecular flexibility index (Phi) is 3.03. The average Bonchev–Trinajstić information content (AvgIpc) is 3.31. The van der Waals surface area contributed by atoms with Gasteiger partial charge in [0.2, 0.25) is 0 Å². The highest BCUT2D eigenvalue weighted by Crippen LogP contribution is 2.41. The van der Waals surface area contributed by atoms with Crippen molar-refractivity contribution in [3.8, 4) is 11.4 Å². The third-order valence-corrected chi connectivity index (χ3v) is 3.79. The molecule has 6 nitrogen and oxygen atoms in total. The minimum Gasteiger partial charge on any atom is -0.411 e. The Hall–Kier alpha value is -2.90. The first-order valence-corrected chi connectivity index (χ1v) is 7.05. The van der Waals surface area contributed by atoms with Gasteiger partial charge in [0.1, 0.15) is 17.0 Å². The monoisotopic (exact) mass is 315 g/mol. The van der Waals surface area contributed by atoms with Crippen LogP contribution in [0.15, 0.2) is 29.6 Å². The summed E-state index contributed by atoms with van der Waals surface area (Å²) >= 11 is 0. The summed E-state index contributed by atoms with van der Waals surface area (Å²) in [5.41, 5.74) is 1.49. The van der Waals surface area contributed by atoms with Crippen molar-refractivity contribution < 1.29 is 14.0 Å². The number of imidazole rings is 1. The molecule has 0 atom stereocenters. The van der Waals surface area contributed by atoms with E-state index in [-0.39, 0.29) is 11.6 Å². The van der Waals surface area contributed by atoms with Crippen molar-refractivity contribution in [2.24, 2.45) is 5.16 Å². The molecule has 23 heavy (non-hydrogen) atoms. The minimum atomic E-state index is -0.956. The highest BCUT2D eigenvalue weighted by atomic mass is 19.2. The van der Waals surface area contributed by atoms with Crippen LogP contribution < -0.4 is 0 Å². The summed E-state index contributed by atoms with van der Waals surface area (Å²) in [6, 6.07) is 4.48. The van der Waals surface area contributed by atoms with Gasteiger partial charge in [-0.25, -0.2) is 13.8 Å². The van der Waals surface area contributed by atoms with Gasteiger partial charge in [-0.2, -0.15) is 5.10 Å². The van der Waals surface area contributed by atoms with Gasteiger partial charge in [0, 0.05) is 11.6 Å². The number of nitrogens with zero attached hydrogens (tertiary/aromatic N) is 5. The summed E-state index contributed by atoms with van der Waals surface area (Å²) in [7, 11) is 0. The molecule has 1 aromatic carbocycles. The van der Waals surface area contributed by atoms with Gasteiger partial charge in [-0.15, -0.1) is 5.10 Å². The molecule has 0 radical (unpaired) electrons. The van der Waals surface area contributed by atoms with Crippen LogP contribution in [-0.4, -0.2) is 31.2 Å². The first kappa shape index (κ1) is 13.7. The molecule has 1 saturated carbocycles. The number of halogens is 2. The summed E-state index contributed by atoms with van der Waals surface area (Å²) in [5, 5.41) is 19.2. The second kappa shape index (κ2) is 5.08. The Labute approximate surface area is 129 Å². The van der Waals surface area contributed by atoms with Crippen LogP contribution >= 0.6 is 0 Å². The first-order chi connectivity index (χ1) is 11.2. The standard InChI is InChI=1S/C15H11F2N5O/c16-11-3-4-12-14(13(11)17)20-15(22(12)10-1-2-10)8-5-9(7-19-23)21-18-6-8/h3-7,10,23H,1-2H2. The molecule has 0 spiro atoms. The van der Waals surface area contributed by atoms with Gasteiger partial charge >= 0.3 is 0 Å². The summed E-state index contributed by atoms with van der Waals surface area (Å²) < 4.78 is 29.4. The van der Waals surface area contributed by atoms with Crippen LogP contribution in [0.2, 0.25) is 0 Å². The smallest absolute Gasteiger partial charge is 0.186 e. The van der Waals surface area contributed by atoms with E-state index in [1.165, 1.54) is 12.3 Å². The number of benzene rings is 1. The van der Waals surface area contributed by atoms with Crippen molar-refractivity contribution in [2.45, 2.75) is 18.9 Å². The molecule has 0 amide bonds. The summed E-state index contributed by atoms with van der Waals surface area (Å²) in [5.74, 6) is -1.39. The Balaban J connectivity index is 1.97. The van der Waals surface area contributed by atoms with E-state index in [0.29, 0.717) is 22.6 Å². The molecule has 0 unspecified atom stereocenters. The van der Waals surface area contributed by atoms with E-state index in [1.807, 2.05) is 4.57 Å². The lowest BCUT2D eigenvalue weighted by Gasteiger charge is -2.07. The maximum Gasteiger partial charge on any atom is 0.186 e. The maximum atomic E-state index is 14.1. The van der Waals surface area contributed by atoms with E-state index in [2.05, 4.69) is 20.3 Å². The van der Waals surface area contributed by atoms with Gasteiger partial charge in [0.05, 0.1) is 17.9 Å². The lowest BCUT2D eigenvalue weighted by atomic mass is 10.2.